The number of hydrogen-bond donors (Lipinski definition) is 1. The molecule has 0 fully saturated rings. The van der Waals surface area contributed by atoms with Crippen LogP contribution >= 0.6 is 15.9 Å². The molecule has 0 radical (unpaired) electrons. The van der Waals surface area contributed by atoms with Crippen LogP contribution in [-0.2, 0) is 4.79 Å². The number of hydrogen-bond acceptors (Lipinski definition) is 4. The molecule has 0 heterocycles. The molecule has 0 saturated carbocycles. The minimum absolute atomic E-state index is 0.112. The van der Waals surface area contributed by atoms with Gasteiger partial charge in [0.15, 0.2) is 0 Å². The summed E-state index contributed by atoms with van der Waals surface area (Å²) in [5.41, 5.74) is 0.726. The Bertz CT molecular complexity index is 757. The van der Waals surface area contributed by atoms with E-state index in [0.717, 1.165) is 10.0 Å². The molecular weight excluding hydrogens is 364 g/mol. The molecule has 7 heteroatoms. The van der Waals surface area contributed by atoms with Gasteiger partial charge in [-0.2, -0.15) is 0 Å². The summed E-state index contributed by atoms with van der Waals surface area (Å²) >= 11 is 3.33. The van der Waals surface area contributed by atoms with Crippen LogP contribution in [0.4, 0.5) is 11.4 Å². The summed E-state index contributed by atoms with van der Waals surface area (Å²) in [4.78, 5) is 22.4. The van der Waals surface area contributed by atoms with Crippen LogP contribution in [0.5, 0.6) is 5.75 Å². The zero-order valence-corrected chi connectivity index (χ0v) is 13.7. The molecule has 0 spiro atoms. The number of rotatable bonds is 5. The van der Waals surface area contributed by atoms with Crippen LogP contribution in [0.1, 0.15) is 5.56 Å². The van der Waals surface area contributed by atoms with Crippen molar-refractivity contribution >= 4 is 39.3 Å². The van der Waals surface area contributed by atoms with Gasteiger partial charge in [-0.3, -0.25) is 14.9 Å². The number of ether oxygens (including phenoxy) is 1. The lowest BCUT2D eigenvalue weighted by Gasteiger charge is -2.05. The first kappa shape index (κ1) is 16.7. The van der Waals surface area contributed by atoms with Gasteiger partial charge in [-0.25, -0.2) is 0 Å². The normalized spacial score (nSPS) is 10.5. The molecule has 118 valence electrons. The van der Waals surface area contributed by atoms with Gasteiger partial charge in [0, 0.05) is 10.5 Å². The van der Waals surface area contributed by atoms with Crippen molar-refractivity contribution in [3.8, 4) is 5.75 Å². The summed E-state index contributed by atoms with van der Waals surface area (Å²) in [7, 11) is 1.41. The molecule has 0 aliphatic rings. The summed E-state index contributed by atoms with van der Waals surface area (Å²) in [6.45, 7) is 0. The number of nitro benzene ring substituents is 1. The van der Waals surface area contributed by atoms with Gasteiger partial charge in [-0.15, -0.1) is 0 Å². The van der Waals surface area contributed by atoms with E-state index in [1.54, 1.807) is 12.1 Å². The van der Waals surface area contributed by atoms with E-state index < -0.39 is 10.8 Å². The number of halogens is 1. The van der Waals surface area contributed by atoms with Gasteiger partial charge < -0.3 is 10.1 Å². The lowest BCUT2D eigenvalue weighted by Crippen LogP contribution is -2.09. The van der Waals surface area contributed by atoms with E-state index in [-0.39, 0.29) is 11.4 Å². The predicted molar refractivity (Wildman–Crippen MR) is 91.5 cm³/mol. The number of anilines is 1. The number of methoxy groups -OCH3 is 1. The number of benzene rings is 2. The number of nitrogens with zero attached hydrogens (tertiary/aromatic N) is 1. The van der Waals surface area contributed by atoms with Crippen molar-refractivity contribution in [2.75, 3.05) is 12.4 Å². The third-order valence-corrected chi connectivity index (χ3v) is 3.49. The van der Waals surface area contributed by atoms with Crippen molar-refractivity contribution in [2.24, 2.45) is 0 Å². The summed E-state index contributed by atoms with van der Waals surface area (Å²) in [5.74, 6) is -0.110. The Labute approximate surface area is 141 Å². The fraction of sp³-hybridized carbons (Fsp3) is 0.0625. The van der Waals surface area contributed by atoms with Gasteiger partial charge in [-0.1, -0.05) is 28.1 Å². The van der Waals surface area contributed by atoms with Crippen molar-refractivity contribution in [3.05, 3.63) is 68.7 Å². The Morgan fingerprint density at radius 3 is 2.57 bits per heavy atom. The molecule has 2 aromatic carbocycles. The lowest BCUT2D eigenvalue weighted by molar-refractivity contribution is -0.384. The van der Waals surface area contributed by atoms with Crippen LogP contribution in [0.15, 0.2) is 53.0 Å². The fourth-order valence-electron chi connectivity index (χ4n) is 1.82. The molecule has 23 heavy (non-hydrogen) atoms. The Hall–Kier alpha value is -2.67. The van der Waals surface area contributed by atoms with Gasteiger partial charge in [-0.05, 0) is 35.9 Å². The first-order valence-corrected chi connectivity index (χ1v) is 7.36. The predicted octanol–water partition coefficient (Wildman–Crippen LogP) is 4.02. The highest BCUT2D eigenvalue weighted by Gasteiger charge is 2.16. The summed E-state index contributed by atoms with van der Waals surface area (Å²) in [5, 5.41) is 13.6. The first-order chi connectivity index (χ1) is 11.0. The van der Waals surface area contributed by atoms with Crippen LogP contribution in [0.3, 0.4) is 0 Å². The fourth-order valence-corrected chi connectivity index (χ4v) is 2.08. The second kappa shape index (κ2) is 7.55. The molecule has 2 aromatic rings. The van der Waals surface area contributed by atoms with E-state index in [4.69, 9.17) is 4.74 Å². The number of amides is 1. The average Bonchev–Trinajstić information content (AvgIpc) is 2.54. The van der Waals surface area contributed by atoms with E-state index >= 15 is 0 Å². The summed E-state index contributed by atoms with van der Waals surface area (Å²) in [6, 6.07) is 11.6. The molecule has 0 aliphatic carbocycles. The molecule has 0 unspecified atom stereocenters. The smallest absolute Gasteiger partial charge is 0.296 e. The van der Waals surface area contributed by atoms with E-state index in [0.29, 0.717) is 5.75 Å². The molecular formula is C16H13BrN2O4. The van der Waals surface area contributed by atoms with Crippen LogP contribution < -0.4 is 10.1 Å². The number of nitro groups is 1. The molecule has 1 amide bonds. The largest absolute Gasteiger partial charge is 0.496 e. The van der Waals surface area contributed by atoms with E-state index in [2.05, 4.69) is 21.2 Å². The topological polar surface area (TPSA) is 81.5 Å². The molecule has 0 aromatic heterocycles. The highest BCUT2D eigenvalue weighted by molar-refractivity contribution is 9.10. The first-order valence-electron chi connectivity index (χ1n) is 6.56. The molecule has 0 saturated heterocycles. The van der Waals surface area contributed by atoms with Gasteiger partial charge in [0.05, 0.1) is 18.1 Å². The van der Waals surface area contributed by atoms with Gasteiger partial charge >= 0.3 is 0 Å². The zero-order chi connectivity index (χ0) is 16.8. The summed E-state index contributed by atoms with van der Waals surface area (Å²) < 4.78 is 5.88. The van der Waals surface area contributed by atoms with E-state index in [1.807, 2.05) is 24.3 Å². The molecule has 0 aliphatic heterocycles. The Morgan fingerprint density at radius 1 is 1.26 bits per heavy atom. The number of carbonyl (C=O) groups excluding carboxylic acids is 1. The Kier molecular flexibility index (Phi) is 5.48. The van der Waals surface area contributed by atoms with Crippen molar-refractivity contribution in [2.45, 2.75) is 0 Å². The minimum atomic E-state index is -0.573. The summed E-state index contributed by atoms with van der Waals surface area (Å²) in [6.07, 6.45) is 2.94. The SMILES string of the molecule is COc1ccc(NC(=O)/C=C/c2ccc(Br)cc2)c([N+](=O)[O-])c1. The Morgan fingerprint density at radius 2 is 1.96 bits per heavy atom. The van der Waals surface area contributed by atoms with Crippen LogP contribution in [-0.4, -0.2) is 17.9 Å². The molecule has 2 rings (SSSR count). The van der Waals surface area contributed by atoms with Crippen molar-refractivity contribution in [1.82, 2.24) is 0 Å². The standard InChI is InChI=1S/C16H13BrN2O4/c1-23-13-7-8-14(15(10-13)19(21)22)18-16(20)9-4-11-2-5-12(17)6-3-11/h2-10H,1H3,(H,18,20)/b9-4+. The van der Waals surface area contributed by atoms with Gasteiger partial charge in [0.2, 0.25) is 5.91 Å². The third kappa shape index (κ3) is 4.65. The number of nitrogens with one attached hydrogen (secondary N) is 1. The highest BCUT2D eigenvalue weighted by atomic mass is 79.9. The maximum Gasteiger partial charge on any atom is 0.296 e. The molecule has 6 nitrogen and oxygen atoms in total. The van der Waals surface area contributed by atoms with Crippen LogP contribution in [0, 0.1) is 10.1 Å². The molecule has 0 bridgehead atoms. The second-order valence-electron chi connectivity index (χ2n) is 4.51. The monoisotopic (exact) mass is 376 g/mol. The van der Waals surface area contributed by atoms with Gasteiger partial charge in [0.1, 0.15) is 11.4 Å². The second-order valence-corrected chi connectivity index (χ2v) is 5.43. The van der Waals surface area contributed by atoms with Crippen LogP contribution in [0.25, 0.3) is 6.08 Å². The molecule has 0 atom stereocenters. The number of carbonyl (C=O) groups is 1. The van der Waals surface area contributed by atoms with E-state index in [9.17, 15) is 14.9 Å². The van der Waals surface area contributed by atoms with Crippen molar-refractivity contribution in [3.63, 3.8) is 0 Å². The van der Waals surface area contributed by atoms with Crippen molar-refractivity contribution in [1.29, 1.82) is 0 Å². The van der Waals surface area contributed by atoms with Crippen molar-refractivity contribution < 1.29 is 14.5 Å². The quantitative estimate of drug-likeness (QED) is 0.485. The van der Waals surface area contributed by atoms with Gasteiger partial charge in [0.25, 0.3) is 5.69 Å². The van der Waals surface area contributed by atoms with E-state index in [1.165, 1.54) is 25.3 Å². The third-order valence-electron chi connectivity index (χ3n) is 2.96. The minimum Gasteiger partial charge on any atom is -0.496 e. The highest BCUT2D eigenvalue weighted by Crippen LogP contribution is 2.28. The Balaban J connectivity index is 2.13. The maximum atomic E-state index is 11.9. The maximum absolute atomic E-state index is 11.9. The average molecular weight is 377 g/mol. The zero-order valence-electron chi connectivity index (χ0n) is 12.2. The molecule has 1 N–H and O–H groups in total. The van der Waals surface area contributed by atoms with Crippen LogP contribution in [0.2, 0.25) is 0 Å². The lowest BCUT2D eigenvalue weighted by atomic mass is 10.2.